The Hall–Kier alpha value is -3.57. The number of nitroso groups, excluding NO2 is 1. The summed E-state index contributed by atoms with van der Waals surface area (Å²) >= 11 is 0. The summed E-state index contributed by atoms with van der Waals surface area (Å²) in [6.45, 7) is 2.32. The minimum absolute atomic E-state index is 0.0175. The van der Waals surface area contributed by atoms with Crippen LogP contribution in [0.25, 0.3) is 11.3 Å². The van der Waals surface area contributed by atoms with Crippen LogP contribution in [-0.4, -0.2) is 70.5 Å². The highest BCUT2D eigenvalue weighted by Crippen LogP contribution is 2.41. The van der Waals surface area contributed by atoms with Crippen LogP contribution < -0.4 is 10.2 Å². The Labute approximate surface area is 200 Å². The Balaban J connectivity index is 1.69. The third kappa shape index (κ3) is 4.82. The molecule has 0 saturated carbocycles. The molecule has 2 unspecified atom stereocenters. The van der Waals surface area contributed by atoms with Crippen molar-refractivity contribution in [3.05, 3.63) is 50.7 Å². The molecule has 0 aliphatic carbocycles. The standard InChI is InChI=1S/C24H27N3O8/c1-2-15-8-14-9-21(34-6-3-5-28)20(30)10-16(14)18-11-19(29)17(12-27(15)18)24(32)26-4-7-35-22(13-26)23(31)25-33/h9-12,15,22,28,30H,2-8,13H2,1H3. The topological polar surface area (TPSA) is 148 Å². The first-order valence-corrected chi connectivity index (χ1v) is 11.5. The number of ether oxygens (including phenoxy) is 2. The molecule has 11 heteroatoms. The number of aliphatic hydroxyl groups excluding tert-OH is 1. The zero-order valence-electron chi connectivity index (χ0n) is 19.3. The second-order valence-electron chi connectivity index (χ2n) is 8.55. The summed E-state index contributed by atoms with van der Waals surface area (Å²) in [7, 11) is 0. The predicted octanol–water partition coefficient (Wildman–Crippen LogP) is 1.62. The second-order valence-corrected chi connectivity index (χ2v) is 8.55. The molecule has 1 saturated heterocycles. The van der Waals surface area contributed by atoms with Crippen molar-refractivity contribution in [3.63, 3.8) is 0 Å². The number of aromatic nitrogens is 1. The molecule has 186 valence electrons. The van der Waals surface area contributed by atoms with E-state index in [1.54, 1.807) is 12.1 Å². The SMILES string of the molecule is CCC1Cc2cc(OCCCO)c(O)cc2-c2cc(=O)c(C(=O)N3CCOC(C(=O)N=O)C3)cn21. The first kappa shape index (κ1) is 24.6. The molecule has 2 aliphatic rings. The molecule has 2 aromatic rings. The molecule has 2 atom stereocenters. The molecule has 1 aromatic carbocycles. The lowest BCUT2D eigenvalue weighted by atomic mass is 9.90. The number of pyridine rings is 1. The number of carbonyl (C=O) groups is 2. The molecular weight excluding hydrogens is 458 g/mol. The minimum atomic E-state index is -1.14. The third-order valence-electron chi connectivity index (χ3n) is 6.37. The molecule has 2 aliphatic heterocycles. The van der Waals surface area contributed by atoms with Gasteiger partial charge in [-0.1, -0.05) is 6.92 Å². The first-order chi connectivity index (χ1) is 16.9. The van der Waals surface area contributed by atoms with Gasteiger partial charge in [0.2, 0.25) is 0 Å². The number of hydrogen-bond donors (Lipinski definition) is 2. The average Bonchev–Trinajstić information content (AvgIpc) is 2.87. The van der Waals surface area contributed by atoms with Crippen molar-refractivity contribution in [3.8, 4) is 22.8 Å². The van der Waals surface area contributed by atoms with Crippen molar-refractivity contribution in [2.45, 2.75) is 38.3 Å². The van der Waals surface area contributed by atoms with Gasteiger partial charge in [0, 0.05) is 48.6 Å². The normalized spacial score (nSPS) is 19.0. The molecule has 0 radical (unpaired) electrons. The van der Waals surface area contributed by atoms with Gasteiger partial charge in [0.15, 0.2) is 23.0 Å². The van der Waals surface area contributed by atoms with Gasteiger partial charge < -0.3 is 29.2 Å². The molecule has 4 rings (SSSR count). The molecule has 0 bridgehead atoms. The summed E-state index contributed by atoms with van der Waals surface area (Å²) in [6, 6.07) is 4.64. The molecule has 1 fully saturated rings. The number of rotatable bonds is 7. The van der Waals surface area contributed by atoms with Crippen molar-refractivity contribution in [1.82, 2.24) is 9.47 Å². The van der Waals surface area contributed by atoms with Crippen molar-refractivity contribution in [2.75, 3.05) is 32.9 Å². The fourth-order valence-corrected chi connectivity index (χ4v) is 4.51. The van der Waals surface area contributed by atoms with E-state index < -0.39 is 23.3 Å². The highest BCUT2D eigenvalue weighted by molar-refractivity contribution is 5.95. The minimum Gasteiger partial charge on any atom is -0.504 e. The fourth-order valence-electron chi connectivity index (χ4n) is 4.51. The average molecular weight is 485 g/mol. The van der Waals surface area contributed by atoms with Gasteiger partial charge in [-0.05, 0) is 30.5 Å². The van der Waals surface area contributed by atoms with Gasteiger partial charge in [-0.25, -0.2) is 0 Å². The van der Waals surface area contributed by atoms with Crippen LogP contribution in [0.3, 0.4) is 0 Å². The number of phenols is 1. The fraction of sp³-hybridized carbons (Fsp3) is 0.458. The van der Waals surface area contributed by atoms with Crippen LogP contribution >= 0.6 is 0 Å². The number of amides is 2. The summed E-state index contributed by atoms with van der Waals surface area (Å²) < 4.78 is 12.7. The van der Waals surface area contributed by atoms with Crippen LogP contribution in [-0.2, 0) is 16.0 Å². The Morgan fingerprint density at radius 1 is 1.29 bits per heavy atom. The highest BCUT2D eigenvalue weighted by Gasteiger charge is 2.33. The van der Waals surface area contributed by atoms with E-state index in [2.05, 4.69) is 5.18 Å². The van der Waals surface area contributed by atoms with Crippen LogP contribution in [0.2, 0.25) is 0 Å². The summed E-state index contributed by atoms with van der Waals surface area (Å²) in [5.41, 5.74) is 1.62. The Morgan fingerprint density at radius 2 is 2.09 bits per heavy atom. The molecule has 0 spiro atoms. The number of nitrogens with zero attached hydrogens (tertiary/aromatic N) is 3. The molecule has 1 aromatic heterocycles. The van der Waals surface area contributed by atoms with E-state index in [4.69, 9.17) is 14.6 Å². The number of phenolic OH excluding ortho intramolecular Hbond substituents is 1. The maximum absolute atomic E-state index is 13.2. The lowest BCUT2D eigenvalue weighted by molar-refractivity contribution is -0.133. The third-order valence-corrected chi connectivity index (χ3v) is 6.37. The van der Waals surface area contributed by atoms with Crippen LogP contribution in [0.1, 0.15) is 41.7 Å². The van der Waals surface area contributed by atoms with E-state index in [-0.39, 0.29) is 50.3 Å². The van der Waals surface area contributed by atoms with Gasteiger partial charge in [0.05, 0.1) is 25.5 Å². The van der Waals surface area contributed by atoms with E-state index in [0.717, 1.165) is 12.0 Å². The Bertz CT molecular complexity index is 1210. The maximum Gasteiger partial charge on any atom is 0.316 e. The zero-order chi connectivity index (χ0) is 25.1. The van der Waals surface area contributed by atoms with Crippen LogP contribution in [0.4, 0.5) is 0 Å². The van der Waals surface area contributed by atoms with E-state index in [9.17, 15) is 24.4 Å². The number of aromatic hydroxyl groups is 1. The number of hydrogen-bond acceptors (Lipinski definition) is 8. The van der Waals surface area contributed by atoms with Crippen molar-refractivity contribution in [2.24, 2.45) is 5.18 Å². The van der Waals surface area contributed by atoms with Gasteiger partial charge in [-0.15, -0.1) is 4.91 Å². The van der Waals surface area contributed by atoms with Gasteiger partial charge in [-0.2, -0.15) is 0 Å². The Morgan fingerprint density at radius 3 is 2.80 bits per heavy atom. The molecular formula is C24H27N3O8. The smallest absolute Gasteiger partial charge is 0.316 e. The maximum atomic E-state index is 13.2. The highest BCUT2D eigenvalue weighted by atomic mass is 16.5. The molecule has 11 nitrogen and oxygen atoms in total. The van der Waals surface area contributed by atoms with E-state index in [1.165, 1.54) is 17.2 Å². The number of carbonyl (C=O) groups excluding carboxylic acids is 2. The molecule has 35 heavy (non-hydrogen) atoms. The predicted molar refractivity (Wildman–Crippen MR) is 124 cm³/mol. The summed E-state index contributed by atoms with van der Waals surface area (Å²) in [6.07, 6.45) is 2.16. The van der Waals surface area contributed by atoms with Crippen LogP contribution in [0, 0.1) is 4.91 Å². The molecule has 2 amide bonds. The number of aliphatic hydroxyl groups is 1. The second kappa shape index (κ2) is 10.4. The van der Waals surface area contributed by atoms with Crippen LogP contribution in [0.15, 0.2) is 34.4 Å². The first-order valence-electron chi connectivity index (χ1n) is 11.5. The van der Waals surface area contributed by atoms with Gasteiger partial charge >= 0.3 is 5.91 Å². The van der Waals surface area contributed by atoms with Crippen molar-refractivity contribution >= 4 is 11.8 Å². The lowest BCUT2D eigenvalue weighted by Gasteiger charge is -2.33. The van der Waals surface area contributed by atoms with Crippen LogP contribution in [0.5, 0.6) is 11.5 Å². The summed E-state index contributed by atoms with van der Waals surface area (Å²) in [4.78, 5) is 49.7. The van der Waals surface area contributed by atoms with Crippen molar-refractivity contribution < 1.29 is 29.3 Å². The summed E-state index contributed by atoms with van der Waals surface area (Å²) in [5, 5.41) is 21.8. The molecule has 3 heterocycles. The van der Waals surface area contributed by atoms with E-state index >= 15 is 0 Å². The number of fused-ring (bicyclic) bond motifs is 3. The largest absolute Gasteiger partial charge is 0.504 e. The summed E-state index contributed by atoms with van der Waals surface area (Å²) in [5.74, 6) is -1.31. The van der Waals surface area contributed by atoms with E-state index in [1.807, 2.05) is 11.5 Å². The van der Waals surface area contributed by atoms with Gasteiger partial charge in [0.1, 0.15) is 5.56 Å². The monoisotopic (exact) mass is 485 g/mol. The lowest BCUT2D eigenvalue weighted by Crippen LogP contribution is -2.49. The van der Waals surface area contributed by atoms with Gasteiger partial charge in [0.25, 0.3) is 5.91 Å². The zero-order valence-corrected chi connectivity index (χ0v) is 19.3. The number of morpholine rings is 1. The quantitative estimate of drug-likeness (QED) is 0.444. The van der Waals surface area contributed by atoms with Gasteiger partial charge in [-0.3, -0.25) is 14.4 Å². The van der Waals surface area contributed by atoms with Crippen molar-refractivity contribution in [1.29, 1.82) is 0 Å². The van der Waals surface area contributed by atoms with E-state index in [0.29, 0.717) is 29.8 Å². The Kier molecular flexibility index (Phi) is 7.27. The number of benzene rings is 1. The molecule has 2 N–H and O–H groups in total.